The average Bonchev–Trinajstić information content (AvgIpc) is 2.41. The van der Waals surface area contributed by atoms with Crippen LogP contribution in [0.25, 0.3) is 0 Å². The number of benzene rings is 1. The smallest absolute Gasteiger partial charge is 0.441 e. The number of hydrogen-bond donors (Lipinski definition) is 2. The van der Waals surface area contributed by atoms with Gasteiger partial charge in [0.15, 0.2) is 0 Å². The van der Waals surface area contributed by atoms with E-state index in [-0.39, 0.29) is 6.61 Å². The first-order valence-electron chi connectivity index (χ1n) is 5.68. The van der Waals surface area contributed by atoms with Gasteiger partial charge < -0.3 is 15.2 Å². The molecule has 0 fully saturated rings. The number of carbonyl (C=O) groups is 2. The summed E-state index contributed by atoms with van der Waals surface area (Å²) in [5.41, 5.74) is -3.90. The third-order valence-corrected chi connectivity index (χ3v) is 3.04. The molecule has 116 valence electrons. The van der Waals surface area contributed by atoms with Gasteiger partial charge in [0, 0.05) is 5.75 Å². The van der Waals surface area contributed by atoms with E-state index in [0.717, 1.165) is 0 Å². The molecule has 0 spiro atoms. The summed E-state index contributed by atoms with van der Waals surface area (Å²) in [4.78, 5) is 22.1. The van der Waals surface area contributed by atoms with Gasteiger partial charge in [0.2, 0.25) is 0 Å². The number of aliphatic carboxylic acids is 1. The molecule has 1 aromatic rings. The van der Waals surface area contributed by atoms with Crippen LogP contribution in [-0.4, -0.2) is 34.5 Å². The molecule has 0 heterocycles. The zero-order valence-electron chi connectivity index (χ0n) is 10.6. The number of hydrogen-bond acceptors (Lipinski definition) is 4. The van der Waals surface area contributed by atoms with Crippen molar-refractivity contribution in [2.45, 2.75) is 18.2 Å². The minimum atomic E-state index is -4.57. The first-order chi connectivity index (χ1) is 9.78. The fourth-order valence-corrected chi connectivity index (χ4v) is 1.84. The molecule has 0 aromatic heterocycles. The molecule has 5 nitrogen and oxygen atoms in total. The molecule has 1 aromatic carbocycles. The zero-order valence-corrected chi connectivity index (χ0v) is 11.4. The van der Waals surface area contributed by atoms with Gasteiger partial charge in [0.25, 0.3) is 0 Å². The lowest BCUT2D eigenvalue weighted by atomic mass is 10.2. The van der Waals surface area contributed by atoms with Crippen molar-refractivity contribution in [1.82, 2.24) is 5.32 Å². The molecule has 0 aliphatic carbocycles. The number of carboxylic acid groups (broad SMARTS) is 1. The number of nitrogens with one attached hydrogen (secondary N) is 1. The third kappa shape index (κ3) is 7.45. The maximum atomic E-state index is 12.0. The first kappa shape index (κ1) is 17.2. The summed E-state index contributed by atoms with van der Waals surface area (Å²) in [6, 6.07) is 6.88. The summed E-state index contributed by atoms with van der Waals surface area (Å²) in [7, 11) is 0. The number of rotatable bonds is 6. The van der Waals surface area contributed by atoms with Crippen LogP contribution in [-0.2, 0) is 16.1 Å². The highest BCUT2D eigenvalue weighted by molar-refractivity contribution is 8.00. The Kier molecular flexibility index (Phi) is 6.35. The van der Waals surface area contributed by atoms with Crippen molar-refractivity contribution in [3.8, 4) is 0 Å². The highest BCUT2D eigenvalue weighted by atomic mass is 32.2. The van der Waals surface area contributed by atoms with E-state index in [1.54, 1.807) is 30.3 Å². The predicted octanol–water partition coefficient (Wildman–Crippen LogP) is 2.62. The fourth-order valence-electron chi connectivity index (χ4n) is 1.26. The van der Waals surface area contributed by atoms with E-state index in [1.807, 2.05) is 5.32 Å². The molecule has 0 bridgehead atoms. The van der Waals surface area contributed by atoms with Crippen molar-refractivity contribution in [2.75, 3.05) is 5.75 Å². The van der Waals surface area contributed by atoms with E-state index in [2.05, 4.69) is 0 Å². The van der Waals surface area contributed by atoms with E-state index < -0.39 is 41.1 Å². The van der Waals surface area contributed by atoms with Gasteiger partial charge in [-0.3, -0.25) is 0 Å². The molecule has 0 aliphatic rings. The van der Waals surface area contributed by atoms with E-state index in [1.165, 1.54) is 0 Å². The van der Waals surface area contributed by atoms with Crippen molar-refractivity contribution in [2.24, 2.45) is 0 Å². The van der Waals surface area contributed by atoms with Crippen LogP contribution in [0.15, 0.2) is 30.3 Å². The molecule has 1 amide bonds. The van der Waals surface area contributed by atoms with Gasteiger partial charge in [0.05, 0.1) is 0 Å². The van der Waals surface area contributed by atoms with Gasteiger partial charge >= 0.3 is 17.6 Å². The molecule has 21 heavy (non-hydrogen) atoms. The Morgan fingerprint density at radius 3 is 2.43 bits per heavy atom. The van der Waals surface area contributed by atoms with Crippen molar-refractivity contribution in [3.05, 3.63) is 35.9 Å². The summed E-state index contributed by atoms with van der Waals surface area (Å²) in [5, 5.41) is 10.6. The quantitative estimate of drug-likeness (QED) is 0.842. The second-order valence-electron chi connectivity index (χ2n) is 3.85. The lowest BCUT2D eigenvalue weighted by Crippen LogP contribution is -2.43. The predicted molar refractivity (Wildman–Crippen MR) is 69.7 cm³/mol. The van der Waals surface area contributed by atoms with Crippen LogP contribution >= 0.6 is 11.8 Å². The fraction of sp³-hybridized carbons (Fsp3) is 0.333. The highest BCUT2D eigenvalue weighted by Crippen LogP contribution is 2.30. The van der Waals surface area contributed by atoms with Crippen LogP contribution in [0.2, 0.25) is 0 Å². The second kappa shape index (κ2) is 7.77. The molecule has 1 rings (SSSR count). The monoisotopic (exact) mass is 323 g/mol. The first-order valence-corrected chi connectivity index (χ1v) is 6.67. The molecule has 1 atom stereocenters. The summed E-state index contributed by atoms with van der Waals surface area (Å²) in [6.07, 6.45) is -1.09. The van der Waals surface area contributed by atoms with Crippen LogP contribution in [0.4, 0.5) is 18.0 Å². The normalized spacial score (nSPS) is 12.5. The number of ether oxygens (including phenoxy) is 1. The molecule has 0 saturated carbocycles. The molecule has 0 unspecified atom stereocenters. The topological polar surface area (TPSA) is 75.6 Å². The maximum absolute atomic E-state index is 12.0. The number of thioether (sulfide) groups is 1. The van der Waals surface area contributed by atoms with Gasteiger partial charge in [-0.05, 0) is 17.3 Å². The Bertz CT molecular complexity index is 481. The standard InChI is InChI=1S/C12H12F3NO4S/c13-12(14,15)21-7-9(10(17)18)16-11(19)20-6-8-4-2-1-3-5-8/h1-5,9H,6-7H2,(H,16,19)(H,17,18)/t9-/m0/s1. The number of carboxylic acids is 1. The van der Waals surface area contributed by atoms with Crippen molar-refractivity contribution < 1.29 is 32.6 Å². The Morgan fingerprint density at radius 2 is 1.90 bits per heavy atom. The molecule has 9 heteroatoms. The molecule has 0 saturated heterocycles. The molecular weight excluding hydrogens is 311 g/mol. The summed E-state index contributed by atoms with van der Waals surface area (Å²) in [5.74, 6) is -2.40. The highest BCUT2D eigenvalue weighted by Gasteiger charge is 2.32. The van der Waals surface area contributed by atoms with Crippen LogP contribution in [0.5, 0.6) is 0 Å². The summed E-state index contributed by atoms with van der Waals surface area (Å²) >= 11 is -0.525. The summed E-state index contributed by atoms with van der Waals surface area (Å²) in [6.45, 7) is -0.106. The molecule has 0 radical (unpaired) electrons. The van der Waals surface area contributed by atoms with Crippen LogP contribution < -0.4 is 5.32 Å². The number of alkyl halides is 3. The number of halogens is 3. The lowest BCUT2D eigenvalue weighted by Gasteiger charge is -2.15. The van der Waals surface area contributed by atoms with Crippen molar-refractivity contribution >= 4 is 23.8 Å². The number of amides is 1. The van der Waals surface area contributed by atoms with Crippen molar-refractivity contribution in [3.63, 3.8) is 0 Å². The molecular formula is C12H12F3NO4S. The van der Waals surface area contributed by atoms with Gasteiger partial charge in [-0.2, -0.15) is 13.2 Å². The largest absolute Gasteiger partial charge is 0.480 e. The molecule has 0 aliphatic heterocycles. The Labute approximate surface area is 122 Å². The molecule has 2 N–H and O–H groups in total. The van der Waals surface area contributed by atoms with Gasteiger partial charge in [-0.15, -0.1) is 0 Å². The minimum Gasteiger partial charge on any atom is -0.480 e. The Morgan fingerprint density at radius 1 is 1.29 bits per heavy atom. The van der Waals surface area contributed by atoms with Gasteiger partial charge in [0.1, 0.15) is 12.6 Å². The van der Waals surface area contributed by atoms with Crippen LogP contribution in [0.3, 0.4) is 0 Å². The average molecular weight is 323 g/mol. The van der Waals surface area contributed by atoms with Crippen LogP contribution in [0, 0.1) is 0 Å². The Balaban J connectivity index is 2.43. The minimum absolute atomic E-state index is 0.106. The maximum Gasteiger partial charge on any atom is 0.441 e. The second-order valence-corrected chi connectivity index (χ2v) is 4.94. The van der Waals surface area contributed by atoms with Crippen molar-refractivity contribution in [1.29, 1.82) is 0 Å². The third-order valence-electron chi connectivity index (χ3n) is 2.22. The Hall–Kier alpha value is -1.90. The van der Waals surface area contributed by atoms with Crippen LogP contribution in [0.1, 0.15) is 5.56 Å². The number of carbonyl (C=O) groups excluding carboxylic acids is 1. The summed E-state index contributed by atoms with van der Waals surface area (Å²) < 4.78 is 40.8. The van der Waals surface area contributed by atoms with Gasteiger partial charge in [-0.1, -0.05) is 30.3 Å². The zero-order chi connectivity index (χ0) is 15.9. The van der Waals surface area contributed by atoms with E-state index >= 15 is 0 Å². The van der Waals surface area contributed by atoms with Gasteiger partial charge in [-0.25, -0.2) is 9.59 Å². The van der Waals surface area contributed by atoms with E-state index in [0.29, 0.717) is 5.56 Å². The SMILES string of the molecule is O=C(N[C@@H](CSC(F)(F)F)C(=O)O)OCc1ccccc1. The number of alkyl carbamates (subject to hydrolysis) is 1. The van der Waals surface area contributed by atoms with E-state index in [4.69, 9.17) is 9.84 Å². The van der Waals surface area contributed by atoms with E-state index in [9.17, 15) is 22.8 Å². The lowest BCUT2D eigenvalue weighted by molar-refractivity contribution is -0.138.